The van der Waals surface area contributed by atoms with Crippen molar-refractivity contribution in [3.05, 3.63) is 46.2 Å². The van der Waals surface area contributed by atoms with Crippen molar-refractivity contribution in [1.82, 2.24) is 4.90 Å². The van der Waals surface area contributed by atoms with Crippen molar-refractivity contribution < 1.29 is 38.3 Å². The van der Waals surface area contributed by atoms with Crippen LogP contribution in [0.1, 0.15) is 27.0 Å². The first-order valence-electron chi connectivity index (χ1n) is 11.2. The molecule has 9 nitrogen and oxygen atoms in total. The average Bonchev–Trinajstić information content (AvgIpc) is 3.18. The second-order valence-electron chi connectivity index (χ2n) is 8.02. The third-order valence-electron chi connectivity index (χ3n) is 5.85. The zero-order chi connectivity index (χ0) is 25.5. The molecule has 0 amide bonds. The molecule has 1 heterocycles. The highest BCUT2D eigenvalue weighted by Crippen LogP contribution is 2.44. The number of Topliss-reactive ketones (excluding diaryl/α,β-unsaturated/α-hetero) is 1. The Bertz CT molecular complexity index is 1090. The Labute approximate surface area is 205 Å². The number of phenols is 1. The Balaban J connectivity index is 2.02. The molecule has 2 aromatic carbocycles. The number of aryl methyl sites for hydroxylation is 1. The number of fused-ring (bicyclic) bond motifs is 1. The van der Waals surface area contributed by atoms with Gasteiger partial charge in [-0.25, -0.2) is 0 Å². The van der Waals surface area contributed by atoms with E-state index in [9.17, 15) is 9.90 Å². The van der Waals surface area contributed by atoms with E-state index in [1.165, 1.54) is 21.3 Å². The van der Waals surface area contributed by atoms with Gasteiger partial charge in [0, 0.05) is 39.4 Å². The number of hydrogen-bond acceptors (Lipinski definition) is 9. The molecule has 0 bridgehead atoms. The number of hydrogen-bond donors (Lipinski definition) is 1. The molecular weight excluding hydrogens is 454 g/mol. The van der Waals surface area contributed by atoms with E-state index in [-0.39, 0.29) is 17.3 Å². The minimum absolute atomic E-state index is 0.0684. The molecule has 35 heavy (non-hydrogen) atoms. The molecule has 0 aromatic heterocycles. The molecule has 0 spiro atoms. The number of ether oxygens (including phenoxy) is 6. The molecule has 0 saturated carbocycles. The van der Waals surface area contributed by atoms with Crippen LogP contribution in [0, 0.1) is 6.92 Å². The summed E-state index contributed by atoms with van der Waals surface area (Å²) in [7, 11) is 7.84. The van der Waals surface area contributed by atoms with E-state index in [4.69, 9.17) is 28.4 Å². The fraction of sp³-hybridized carbons (Fsp3) is 0.423. The fourth-order valence-electron chi connectivity index (χ4n) is 4.05. The van der Waals surface area contributed by atoms with Crippen molar-refractivity contribution in [1.29, 1.82) is 0 Å². The molecule has 0 radical (unpaired) electrons. The summed E-state index contributed by atoms with van der Waals surface area (Å²) in [6, 6.07) is 5.09. The van der Waals surface area contributed by atoms with Gasteiger partial charge in [0.25, 0.3) is 0 Å². The molecule has 3 rings (SSSR count). The molecule has 1 aliphatic heterocycles. The van der Waals surface area contributed by atoms with Crippen LogP contribution in [0.5, 0.6) is 28.7 Å². The summed E-state index contributed by atoms with van der Waals surface area (Å²) in [6.07, 6.45) is 1.61. The Morgan fingerprint density at radius 1 is 0.971 bits per heavy atom. The zero-order valence-electron chi connectivity index (χ0n) is 21.1. The van der Waals surface area contributed by atoms with Crippen LogP contribution in [-0.2, 0) is 16.0 Å². The Hall–Kier alpha value is -3.27. The summed E-state index contributed by atoms with van der Waals surface area (Å²) in [5.74, 6) is 1.61. The second-order valence-corrected chi connectivity index (χ2v) is 8.02. The van der Waals surface area contributed by atoms with Crippen LogP contribution in [0.2, 0.25) is 0 Å². The Kier molecular flexibility index (Phi) is 8.97. The van der Waals surface area contributed by atoms with Gasteiger partial charge in [-0.05, 0) is 36.8 Å². The summed E-state index contributed by atoms with van der Waals surface area (Å²) in [5.41, 5.74) is 2.19. The molecule has 2 aromatic rings. The topological polar surface area (TPSA) is 95.9 Å². The Morgan fingerprint density at radius 3 is 2.20 bits per heavy atom. The third kappa shape index (κ3) is 5.53. The largest absolute Gasteiger partial charge is 0.507 e. The monoisotopic (exact) mass is 487 g/mol. The third-order valence-corrected chi connectivity index (χ3v) is 5.85. The van der Waals surface area contributed by atoms with Crippen LogP contribution in [0.25, 0.3) is 6.08 Å². The van der Waals surface area contributed by atoms with Crippen molar-refractivity contribution in [2.45, 2.75) is 13.5 Å². The molecule has 0 saturated heterocycles. The van der Waals surface area contributed by atoms with E-state index in [0.717, 1.165) is 0 Å². The predicted octanol–water partition coefficient (Wildman–Crippen LogP) is 3.44. The summed E-state index contributed by atoms with van der Waals surface area (Å²) < 4.78 is 32.9. The van der Waals surface area contributed by atoms with E-state index in [0.29, 0.717) is 78.1 Å². The van der Waals surface area contributed by atoms with Crippen molar-refractivity contribution in [2.75, 3.05) is 61.9 Å². The first kappa shape index (κ1) is 26.3. The van der Waals surface area contributed by atoms with Gasteiger partial charge >= 0.3 is 0 Å². The maximum atomic E-state index is 13.4. The van der Waals surface area contributed by atoms with Crippen LogP contribution < -0.4 is 18.9 Å². The number of rotatable bonds is 12. The van der Waals surface area contributed by atoms with Gasteiger partial charge in [0.05, 0.1) is 45.7 Å². The lowest BCUT2D eigenvalue weighted by Crippen LogP contribution is -2.30. The highest BCUT2D eigenvalue weighted by atomic mass is 16.5. The molecule has 9 heteroatoms. The standard InChI is InChI=1S/C26H33NO8/c1-16-13-19(28)18(15-27(9-11-30-2)10-12-31-3)25-22(16)23(29)21(35-25)14-17-7-8-20(32-4)26(34-6)24(17)33-5/h7-8,13-14,28H,9-12,15H2,1-6H3/b21-14+. The molecule has 0 aliphatic carbocycles. The highest BCUT2D eigenvalue weighted by molar-refractivity contribution is 6.16. The maximum Gasteiger partial charge on any atom is 0.232 e. The van der Waals surface area contributed by atoms with Crippen molar-refractivity contribution in [2.24, 2.45) is 0 Å². The van der Waals surface area contributed by atoms with Gasteiger partial charge in [-0.15, -0.1) is 0 Å². The van der Waals surface area contributed by atoms with Gasteiger partial charge < -0.3 is 33.5 Å². The number of carbonyl (C=O) groups excluding carboxylic acids is 1. The van der Waals surface area contributed by atoms with Crippen LogP contribution in [0.4, 0.5) is 0 Å². The SMILES string of the molecule is COCCN(CCOC)Cc1c(O)cc(C)c2c1O/C(=C/c1ccc(OC)c(OC)c1OC)C2=O. The number of carbonyl (C=O) groups is 1. The minimum atomic E-state index is -0.268. The fourth-order valence-corrected chi connectivity index (χ4v) is 4.05. The number of allylic oxidation sites excluding steroid dienone is 1. The molecular formula is C26H33NO8. The summed E-state index contributed by atoms with van der Waals surface area (Å²) in [5, 5.41) is 10.8. The van der Waals surface area contributed by atoms with Gasteiger partial charge in [-0.3, -0.25) is 9.69 Å². The van der Waals surface area contributed by atoms with Crippen LogP contribution in [-0.4, -0.2) is 77.6 Å². The lowest BCUT2D eigenvalue weighted by Gasteiger charge is -2.23. The number of phenolic OH excluding ortho intramolecular Hbond substituents is 1. The number of benzene rings is 2. The van der Waals surface area contributed by atoms with Gasteiger partial charge in [-0.1, -0.05) is 0 Å². The van der Waals surface area contributed by atoms with Crippen molar-refractivity contribution >= 4 is 11.9 Å². The van der Waals surface area contributed by atoms with E-state index in [1.807, 2.05) is 0 Å². The van der Waals surface area contributed by atoms with Crippen LogP contribution in [0.3, 0.4) is 0 Å². The van der Waals surface area contributed by atoms with Crippen LogP contribution >= 0.6 is 0 Å². The number of ketones is 1. The minimum Gasteiger partial charge on any atom is -0.507 e. The average molecular weight is 488 g/mol. The summed E-state index contributed by atoms with van der Waals surface area (Å²) in [6.45, 7) is 4.42. The van der Waals surface area contributed by atoms with E-state index in [2.05, 4.69) is 4.90 Å². The first-order valence-corrected chi connectivity index (χ1v) is 11.2. The summed E-state index contributed by atoms with van der Waals surface area (Å²) >= 11 is 0. The number of aromatic hydroxyl groups is 1. The molecule has 0 atom stereocenters. The summed E-state index contributed by atoms with van der Waals surface area (Å²) in [4.78, 5) is 15.4. The Morgan fingerprint density at radius 2 is 1.63 bits per heavy atom. The number of nitrogens with zero attached hydrogens (tertiary/aromatic N) is 1. The molecule has 0 fully saturated rings. The zero-order valence-corrected chi connectivity index (χ0v) is 21.1. The van der Waals surface area contributed by atoms with Crippen molar-refractivity contribution in [3.63, 3.8) is 0 Å². The van der Waals surface area contributed by atoms with Gasteiger partial charge in [-0.2, -0.15) is 0 Å². The van der Waals surface area contributed by atoms with E-state index < -0.39 is 0 Å². The molecule has 190 valence electrons. The second kappa shape index (κ2) is 11.9. The van der Waals surface area contributed by atoms with Gasteiger partial charge in [0.15, 0.2) is 17.3 Å². The predicted molar refractivity (Wildman–Crippen MR) is 131 cm³/mol. The van der Waals surface area contributed by atoms with Crippen molar-refractivity contribution in [3.8, 4) is 28.7 Å². The van der Waals surface area contributed by atoms with Gasteiger partial charge in [0.2, 0.25) is 11.5 Å². The molecule has 1 aliphatic rings. The first-order chi connectivity index (χ1) is 16.9. The number of methoxy groups -OCH3 is 5. The highest BCUT2D eigenvalue weighted by Gasteiger charge is 2.34. The lowest BCUT2D eigenvalue weighted by molar-refractivity contribution is 0.101. The van der Waals surface area contributed by atoms with E-state index in [1.54, 1.807) is 45.4 Å². The van der Waals surface area contributed by atoms with E-state index >= 15 is 0 Å². The van der Waals surface area contributed by atoms with Gasteiger partial charge in [0.1, 0.15) is 11.5 Å². The van der Waals surface area contributed by atoms with Crippen LogP contribution in [0.15, 0.2) is 24.0 Å². The lowest BCUT2D eigenvalue weighted by atomic mass is 9.99. The molecule has 1 N–H and O–H groups in total. The smallest absolute Gasteiger partial charge is 0.232 e. The quantitative estimate of drug-likeness (QED) is 0.452. The maximum absolute atomic E-state index is 13.4. The normalized spacial score (nSPS) is 13.8. The molecule has 0 unspecified atom stereocenters.